The standard InChI is InChI=1S/C12H16O4S/c1-7-6-8(2-3-9(7)12(15)16)11(14)10(13)4-5-17/h2-3,6,10-11,13-14,17H,4-5H2,1H3,(H,15,16). The Morgan fingerprint density at radius 3 is 2.53 bits per heavy atom. The Labute approximate surface area is 105 Å². The first-order valence-electron chi connectivity index (χ1n) is 5.28. The summed E-state index contributed by atoms with van der Waals surface area (Å²) in [6, 6.07) is 4.53. The van der Waals surface area contributed by atoms with Gasteiger partial charge in [-0.2, -0.15) is 12.6 Å². The van der Waals surface area contributed by atoms with Crippen molar-refractivity contribution in [1.29, 1.82) is 0 Å². The van der Waals surface area contributed by atoms with E-state index in [1.165, 1.54) is 12.1 Å². The average Bonchev–Trinajstić information content (AvgIpc) is 2.27. The Morgan fingerprint density at radius 2 is 2.06 bits per heavy atom. The molecule has 94 valence electrons. The highest BCUT2D eigenvalue weighted by Gasteiger charge is 2.18. The van der Waals surface area contributed by atoms with Crippen LogP contribution in [-0.4, -0.2) is 33.1 Å². The van der Waals surface area contributed by atoms with Crippen molar-refractivity contribution in [1.82, 2.24) is 0 Å². The maximum Gasteiger partial charge on any atom is 0.335 e. The van der Waals surface area contributed by atoms with Gasteiger partial charge in [-0.1, -0.05) is 12.1 Å². The summed E-state index contributed by atoms with van der Waals surface area (Å²) in [5.74, 6) is -0.524. The molecule has 1 aromatic rings. The number of carbonyl (C=O) groups is 1. The van der Waals surface area contributed by atoms with Crippen LogP contribution in [0.2, 0.25) is 0 Å². The molecule has 4 nitrogen and oxygen atoms in total. The van der Waals surface area contributed by atoms with E-state index in [4.69, 9.17) is 5.11 Å². The minimum absolute atomic E-state index is 0.199. The van der Waals surface area contributed by atoms with Gasteiger partial charge >= 0.3 is 5.97 Å². The third-order valence-electron chi connectivity index (χ3n) is 2.61. The molecule has 5 heteroatoms. The van der Waals surface area contributed by atoms with Gasteiger partial charge in [0.2, 0.25) is 0 Å². The van der Waals surface area contributed by atoms with E-state index < -0.39 is 18.2 Å². The summed E-state index contributed by atoms with van der Waals surface area (Å²) >= 11 is 3.98. The highest BCUT2D eigenvalue weighted by atomic mass is 32.1. The number of benzene rings is 1. The van der Waals surface area contributed by atoms with Crippen molar-refractivity contribution in [2.24, 2.45) is 0 Å². The van der Waals surface area contributed by atoms with E-state index in [2.05, 4.69) is 12.6 Å². The molecule has 0 fully saturated rings. The van der Waals surface area contributed by atoms with Gasteiger partial charge in [0.05, 0.1) is 11.7 Å². The number of aryl methyl sites for hydroxylation is 1. The molecular weight excluding hydrogens is 240 g/mol. The second-order valence-corrected chi connectivity index (χ2v) is 4.35. The minimum atomic E-state index is -1.01. The lowest BCUT2D eigenvalue weighted by Gasteiger charge is -2.18. The molecule has 0 heterocycles. The van der Waals surface area contributed by atoms with Crippen LogP contribution in [0, 0.1) is 6.92 Å². The Hall–Kier alpha value is -1.04. The number of carboxylic acid groups (broad SMARTS) is 1. The first kappa shape index (κ1) is 14.0. The molecule has 0 radical (unpaired) electrons. The number of hydrogen-bond acceptors (Lipinski definition) is 4. The molecule has 0 bridgehead atoms. The normalized spacial score (nSPS) is 14.4. The lowest BCUT2D eigenvalue weighted by Crippen LogP contribution is -2.19. The lowest BCUT2D eigenvalue weighted by molar-refractivity contribution is 0.0172. The zero-order valence-electron chi connectivity index (χ0n) is 9.50. The van der Waals surface area contributed by atoms with Gasteiger partial charge in [0.15, 0.2) is 0 Å². The third kappa shape index (κ3) is 3.46. The fourth-order valence-electron chi connectivity index (χ4n) is 1.62. The van der Waals surface area contributed by atoms with Gasteiger partial charge < -0.3 is 15.3 Å². The molecule has 0 aromatic heterocycles. The van der Waals surface area contributed by atoms with Crippen LogP contribution in [-0.2, 0) is 0 Å². The van der Waals surface area contributed by atoms with Crippen molar-refractivity contribution in [3.05, 3.63) is 34.9 Å². The molecule has 0 aliphatic heterocycles. The number of aliphatic hydroxyl groups is 2. The van der Waals surface area contributed by atoms with Crippen LogP contribution in [0.3, 0.4) is 0 Å². The first-order chi connectivity index (χ1) is 7.97. The number of aliphatic hydroxyl groups excluding tert-OH is 2. The molecule has 0 saturated heterocycles. The van der Waals surface area contributed by atoms with Crippen LogP contribution >= 0.6 is 12.6 Å². The Balaban J connectivity index is 2.93. The molecular formula is C12H16O4S. The quantitative estimate of drug-likeness (QED) is 0.601. The van der Waals surface area contributed by atoms with Crippen molar-refractivity contribution in [3.63, 3.8) is 0 Å². The van der Waals surface area contributed by atoms with Crippen LogP contribution in [0.4, 0.5) is 0 Å². The molecule has 17 heavy (non-hydrogen) atoms. The fraction of sp³-hybridized carbons (Fsp3) is 0.417. The van der Waals surface area contributed by atoms with Crippen molar-refractivity contribution in [2.75, 3.05) is 5.75 Å². The number of rotatable bonds is 5. The molecule has 3 N–H and O–H groups in total. The van der Waals surface area contributed by atoms with Crippen LogP contribution in [0.5, 0.6) is 0 Å². The average molecular weight is 256 g/mol. The van der Waals surface area contributed by atoms with Gasteiger partial charge in [-0.3, -0.25) is 0 Å². The van der Waals surface area contributed by atoms with Crippen molar-refractivity contribution >= 4 is 18.6 Å². The molecule has 2 unspecified atom stereocenters. The van der Waals surface area contributed by atoms with Crippen LogP contribution in [0.25, 0.3) is 0 Å². The Morgan fingerprint density at radius 1 is 1.41 bits per heavy atom. The van der Waals surface area contributed by atoms with Gasteiger partial charge in [0.25, 0.3) is 0 Å². The fourth-order valence-corrected chi connectivity index (χ4v) is 1.89. The molecule has 0 amide bonds. The largest absolute Gasteiger partial charge is 0.478 e. The Bertz CT molecular complexity index is 405. The van der Waals surface area contributed by atoms with Crippen LogP contribution in [0.1, 0.15) is 34.0 Å². The molecule has 1 rings (SSSR count). The summed E-state index contributed by atoms with van der Waals surface area (Å²) in [6.45, 7) is 1.66. The van der Waals surface area contributed by atoms with Gasteiger partial charge in [0, 0.05) is 0 Å². The van der Waals surface area contributed by atoms with Crippen molar-refractivity contribution in [2.45, 2.75) is 25.6 Å². The van der Waals surface area contributed by atoms with Gasteiger partial charge in [-0.05, 0) is 36.3 Å². The van der Waals surface area contributed by atoms with E-state index >= 15 is 0 Å². The second-order valence-electron chi connectivity index (χ2n) is 3.90. The number of aromatic carboxylic acids is 1. The van der Waals surface area contributed by atoms with Crippen molar-refractivity contribution < 1.29 is 20.1 Å². The Kier molecular flexibility index (Phi) is 4.99. The molecule has 0 aliphatic rings. The molecule has 0 saturated carbocycles. The smallest absolute Gasteiger partial charge is 0.335 e. The summed E-state index contributed by atoms with van der Waals surface area (Å²) in [5, 5.41) is 28.3. The number of thiol groups is 1. The number of carboxylic acids is 1. The molecule has 0 aliphatic carbocycles. The van der Waals surface area contributed by atoms with E-state index in [-0.39, 0.29) is 5.56 Å². The van der Waals surface area contributed by atoms with Gasteiger partial charge in [-0.15, -0.1) is 0 Å². The summed E-state index contributed by atoms with van der Waals surface area (Å²) in [4.78, 5) is 10.8. The van der Waals surface area contributed by atoms with E-state index in [1.807, 2.05) is 0 Å². The molecule has 0 spiro atoms. The predicted molar refractivity (Wildman–Crippen MR) is 67.6 cm³/mol. The minimum Gasteiger partial charge on any atom is -0.478 e. The van der Waals surface area contributed by atoms with Gasteiger partial charge in [-0.25, -0.2) is 4.79 Å². The summed E-state index contributed by atoms with van der Waals surface area (Å²) in [7, 11) is 0. The SMILES string of the molecule is Cc1cc(C(O)C(O)CCS)ccc1C(=O)O. The molecule has 1 aromatic carbocycles. The highest BCUT2D eigenvalue weighted by molar-refractivity contribution is 7.80. The summed E-state index contributed by atoms with van der Waals surface area (Å²) < 4.78 is 0. The van der Waals surface area contributed by atoms with E-state index in [0.717, 1.165) is 0 Å². The number of hydrogen-bond donors (Lipinski definition) is 4. The highest BCUT2D eigenvalue weighted by Crippen LogP contribution is 2.22. The van der Waals surface area contributed by atoms with E-state index in [0.29, 0.717) is 23.3 Å². The third-order valence-corrected chi connectivity index (χ3v) is 2.87. The topological polar surface area (TPSA) is 77.8 Å². The first-order valence-corrected chi connectivity index (χ1v) is 5.91. The van der Waals surface area contributed by atoms with E-state index in [1.54, 1.807) is 13.0 Å². The van der Waals surface area contributed by atoms with Crippen molar-refractivity contribution in [3.8, 4) is 0 Å². The lowest BCUT2D eigenvalue weighted by atomic mass is 9.98. The summed E-state index contributed by atoms with van der Waals surface area (Å²) in [6.07, 6.45) is -1.52. The van der Waals surface area contributed by atoms with E-state index in [9.17, 15) is 15.0 Å². The zero-order valence-corrected chi connectivity index (χ0v) is 10.4. The van der Waals surface area contributed by atoms with Crippen LogP contribution in [0.15, 0.2) is 18.2 Å². The predicted octanol–water partition coefficient (Wildman–Crippen LogP) is 1.41. The molecule has 2 atom stereocenters. The zero-order chi connectivity index (χ0) is 13.0. The maximum atomic E-state index is 10.8. The van der Waals surface area contributed by atoms with Gasteiger partial charge in [0.1, 0.15) is 6.10 Å². The van der Waals surface area contributed by atoms with Crippen LogP contribution < -0.4 is 0 Å². The maximum absolute atomic E-state index is 10.8. The summed E-state index contributed by atoms with van der Waals surface area (Å²) in [5.41, 5.74) is 1.28. The second kappa shape index (κ2) is 6.05. The monoisotopic (exact) mass is 256 g/mol.